The topological polar surface area (TPSA) is 9.23 Å². The van der Waals surface area contributed by atoms with Gasteiger partial charge >= 0.3 is 0 Å². The van der Waals surface area contributed by atoms with Crippen molar-refractivity contribution in [3.63, 3.8) is 0 Å². The van der Waals surface area contributed by atoms with Gasteiger partial charge in [0.2, 0.25) is 0 Å². The van der Waals surface area contributed by atoms with Gasteiger partial charge in [0.15, 0.2) is 0 Å². The molecule has 0 bridgehead atoms. The molecule has 1 nitrogen and oxygen atoms in total. The Bertz CT molecular complexity index is 533. The Morgan fingerprint density at radius 1 is 1.05 bits per heavy atom. The first-order chi connectivity index (χ1) is 9.74. The fraction of sp³-hybridized carbons (Fsp3) is 0.333. The van der Waals surface area contributed by atoms with Crippen molar-refractivity contribution in [2.45, 2.75) is 31.0 Å². The summed E-state index contributed by atoms with van der Waals surface area (Å²) in [7, 11) is 1.72. The molecule has 2 aromatic rings. The lowest BCUT2D eigenvalue weighted by Gasteiger charge is -2.13. The summed E-state index contributed by atoms with van der Waals surface area (Å²) < 4.78 is 5.41. The molecule has 1 unspecified atom stereocenters. The van der Waals surface area contributed by atoms with Crippen LogP contribution in [0.25, 0.3) is 0 Å². The first kappa shape index (κ1) is 15.1. The number of hydrogen-bond acceptors (Lipinski definition) is 1. The summed E-state index contributed by atoms with van der Waals surface area (Å²) >= 11 is 3.79. The highest BCUT2D eigenvalue weighted by molar-refractivity contribution is 9.09. The van der Waals surface area contributed by atoms with Crippen molar-refractivity contribution in [2.24, 2.45) is 0 Å². The van der Waals surface area contributed by atoms with E-state index in [4.69, 9.17) is 4.74 Å². The molecular weight excluding hydrogens is 312 g/mol. The molecule has 0 aliphatic rings. The predicted molar refractivity (Wildman–Crippen MR) is 88.8 cm³/mol. The maximum atomic E-state index is 5.41. The normalized spacial score (nSPS) is 12.2. The number of benzene rings is 2. The van der Waals surface area contributed by atoms with E-state index in [0.717, 1.165) is 18.6 Å². The molecule has 0 amide bonds. The molecule has 0 radical (unpaired) electrons. The number of alkyl halides is 1. The van der Waals surface area contributed by atoms with E-state index >= 15 is 0 Å². The molecule has 2 heteroatoms. The minimum atomic E-state index is 0.314. The van der Waals surface area contributed by atoms with Crippen LogP contribution < -0.4 is 4.74 Å². The summed E-state index contributed by atoms with van der Waals surface area (Å²) in [5.74, 6) is 0.958. The second-order valence-electron chi connectivity index (χ2n) is 4.98. The molecule has 0 saturated heterocycles. The Labute approximate surface area is 130 Å². The van der Waals surface area contributed by atoms with E-state index in [1.165, 1.54) is 23.1 Å². The van der Waals surface area contributed by atoms with Crippen molar-refractivity contribution in [2.75, 3.05) is 7.11 Å². The van der Waals surface area contributed by atoms with Crippen molar-refractivity contribution in [1.29, 1.82) is 0 Å². The van der Waals surface area contributed by atoms with Gasteiger partial charge in [-0.15, -0.1) is 0 Å². The summed E-state index contributed by atoms with van der Waals surface area (Å²) in [6, 6.07) is 17.1. The Morgan fingerprint density at radius 2 is 1.75 bits per heavy atom. The van der Waals surface area contributed by atoms with E-state index in [1.54, 1.807) is 7.11 Å². The van der Waals surface area contributed by atoms with Crippen molar-refractivity contribution in [3.8, 4) is 5.75 Å². The van der Waals surface area contributed by atoms with Crippen molar-refractivity contribution < 1.29 is 4.74 Å². The number of ether oxygens (including phenoxy) is 1. The van der Waals surface area contributed by atoms with Crippen molar-refractivity contribution in [1.82, 2.24) is 0 Å². The third kappa shape index (κ3) is 3.86. The molecule has 0 heterocycles. The quantitative estimate of drug-likeness (QED) is 0.650. The monoisotopic (exact) mass is 332 g/mol. The Morgan fingerprint density at radius 3 is 2.40 bits per heavy atom. The maximum Gasteiger partial charge on any atom is 0.122 e. The fourth-order valence-corrected chi connectivity index (χ4v) is 3.02. The first-order valence-corrected chi connectivity index (χ1v) is 8.01. The second-order valence-corrected chi connectivity index (χ2v) is 6.08. The minimum absolute atomic E-state index is 0.314. The molecule has 1 atom stereocenters. The van der Waals surface area contributed by atoms with Crippen molar-refractivity contribution in [3.05, 3.63) is 65.2 Å². The minimum Gasteiger partial charge on any atom is -0.496 e. The fourth-order valence-electron chi connectivity index (χ4n) is 2.36. The number of hydrogen-bond donors (Lipinski definition) is 0. The molecule has 0 N–H and O–H groups in total. The predicted octanol–water partition coefficient (Wildman–Crippen LogP) is 5.33. The average molecular weight is 333 g/mol. The van der Waals surface area contributed by atoms with E-state index < -0.39 is 0 Å². The molecule has 0 aliphatic carbocycles. The number of para-hydroxylation sites is 1. The van der Waals surface area contributed by atoms with Gasteiger partial charge in [-0.2, -0.15) is 0 Å². The number of halogens is 1. The van der Waals surface area contributed by atoms with Crippen LogP contribution >= 0.6 is 15.9 Å². The Hall–Kier alpha value is -1.28. The molecule has 0 spiro atoms. The van der Waals surface area contributed by atoms with Gasteiger partial charge in [-0.05, 0) is 35.6 Å². The van der Waals surface area contributed by atoms with Crippen LogP contribution in [-0.2, 0) is 12.8 Å². The first-order valence-electron chi connectivity index (χ1n) is 7.09. The van der Waals surface area contributed by atoms with Gasteiger partial charge in [-0.25, -0.2) is 0 Å². The van der Waals surface area contributed by atoms with Crippen LogP contribution in [0.15, 0.2) is 48.5 Å². The number of methoxy groups -OCH3 is 1. The summed E-state index contributed by atoms with van der Waals surface area (Å²) in [6.45, 7) is 2.21. The zero-order valence-corrected chi connectivity index (χ0v) is 13.7. The van der Waals surface area contributed by atoms with Gasteiger partial charge in [0.25, 0.3) is 0 Å². The van der Waals surface area contributed by atoms with Crippen LogP contribution in [0.2, 0.25) is 0 Å². The molecule has 0 aromatic heterocycles. The van der Waals surface area contributed by atoms with E-state index in [2.05, 4.69) is 59.3 Å². The Balaban J connectivity index is 2.09. The van der Waals surface area contributed by atoms with E-state index in [0.29, 0.717) is 4.83 Å². The largest absolute Gasteiger partial charge is 0.496 e. The third-order valence-corrected chi connectivity index (χ3v) is 4.32. The lowest BCUT2D eigenvalue weighted by atomic mass is 10.0. The van der Waals surface area contributed by atoms with Crippen molar-refractivity contribution >= 4 is 15.9 Å². The lowest BCUT2D eigenvalue weighted by Crippen LogP contribution is -1.98. The summed E-state index contributed by atoms with van der Waals surface area (Å²) in [5.41, 5.74) is 3.96. The third-order valence-electron chi connectivity index (χ3n) is 3.47. The highest BCUT2D eigenvalue weighted by atomic mass is 79.9. The second kappa shape index (κ2) is 7.49. The van der Waals surface area contributed by atoms with Crippen LogP contribution in [0.3, 0.4) is 0 Å². The summed E-state index contributed by atoms with van der Waals surface area (Å²) in [4.78, 5) is 0.314. The lowest BCUT2D eigenvalue weighted by molar-refractivity contribution is 0.409. The summed E-state index contributed by atoms with van der Waals surface area (Å²) in [5, 5.41) is 0. The molecule has 0 fully saturated rings. The standard InChI is InChI=1S/C18H21BrO/c1-3-6-14-9-11-15(12-10-14)17(19)13-16-7-4-5-8-18(16)20-2/h4-5,7-12,17H,3,6,13H2,1-2H3. The van der Waals surface area contributed by atoms with E-state index in [9.17, 15) is 0 Å². The Kier molecular flexibility index (Phi) is 5.66. The molecule has 2 rings (SSSR count). The number of aryl methyl sites for hydroxylation is 1. The van der Waals surface area contributed by atoms with Crippen LogP contribution in [0.5, 0.6) is 5.75 Å². The molecular formula is C18H21BrO. The van der Waals surface area contributed by atoms with Gasteiger partial charge in [-0.1, -0.05) is 71.7 Å². The van der Waals surface area contributed by atoms with Gasteiger partial charge < -0.3 is 4.74 Å². The van der Waals surface area contributed by atoms with E-state index in [-0.39, 0.29) is 0 Å². The zero-order chi connectivity index (χ0) is 14.4. The molecule has 0 saturated carbocycles. The molecule has 20 heavy (non-hydrogen) atoms. The average Bonchev–Trinajstić information content (AvgIpc) is 2.49. The van der Waals surface area contributed by atoms with Gasteiger partial charge in [0.1, 0.15) is 5.75 Å². The van der Waals surface area contributed by atoms with Crippen LogP contribution in [0.4, 0.5) is 0 Å². The summed E-state index contributed by atoms with van der Waals surface area (Å²) in [6.07, 6.45) is 3.27. The SMILES string of the molecule is CCCc1ccc(C(Br)Cc2ccccc2OC)cc1. The van der Waals surface area contributed by atoms with Gasteiger partial charge in [0.05, 0.1) is 7.11 Å². The van der Waals surface area contributed by atoms with Crippen LogP contribution in [0.1, 0.15) is 34.9 Å². The molecule has 0 aliphatic heterocycles. The van der Waals surface area contributed by atoms with E-state index in [1.807, 2.05) is 12.1 Å². The van der Waals surface area contributed by atoms with Gasteiger partial charge in [-0.3, -0.25) is 0 Å². The maximum absolute atomic E-state index is 5.41. The highest BCUT2D eigenvalue weighted by Crippen LogP contribution is 2.30. The highest BCUT2D eigenvalue weighted by Gasteiger charge is 2.11. The number of rotatable bonds is 6. The van der Waals surface area contributed by atoms with Crippen LogP contribution in [0, 0.1) is 0 Å². The molecule has 2 aromatic carbocycles. The smallest absolute Gasteiger partial charge is 0.122 e. The zero-order valence-electron chi connectivity index (χ0n) is 12.1. The van der Waals surface area contributed by atoms with Gasteiger partial charge in [0, 0.05) is 4.83 Å². The van der Waals surface area contributed by atoms with Crippen LogP contribution in [-0.4, -0.2) is 7.11 Å². The molecule has 106 valence electrons.